The van der Waals surface area contributed by atoms with Crippen LogP contribution in [0.2, 0.25) is 0 Å². The highest BCUT2D eigenvalue weighted by Crippen LogP contribution is 2.30. The summed E-state index contributed by atoms with van der Waals surface area (Å²) in [4.78, 5) is 33.7. The van der Waals surface area contributed by atoms with Crippen LogP contribution in [0.1, 0.15) is 28.5 Å². The van der Waals surface area contributed by atoms with Gasteiger partial charge in [-0.25, -0.2) is 0 Å². The highest BCUT2D eigenvalue weighted by atomic mass is 19.4. The van der Waals surface area contributed by atoms with Gasteiger partial charge in [-0.2, -0.15) is 13.2 Å². The van der Waals surface area contributed by atoms with E-state index < -0.39 is 23.1 Å². The normalized spacial score (nSPS) is 11.6. The number of alkyl halides is 3. The Morgan fingerprint density at radius 2 is 2.00 bits per heavy atom. The van der Waals surface area contributed by atoms with Gasteiger partial charge in [-0.15, -0.1) is 0 Å². The second-order valence-electron chi connectivity index (χ2n) is 5.93. The number of hydrogen-bond donors (Lipinski definition) is 1. The third-order valence-electron chi connectivity index (χ3n) is 4.19. The zero-order chi connectivity index (χ0) is 19.6. The Morgan fingerprint density at radius 1 is 1.22 bits per heavy atom. The number of H-pyrrole nitrogens is 1. The molecule has 0 aliphatic carbocycles. The van der Waals surface area contributed by atoms with Crippen LogP contribution in [0.25, 0.3) is 10.9 Å². The lowest BCUT2D eigenvalue weighted by Crippen LogP contribution is -2.34. The number of benzene rings is 1. The number of nitrogens with one attached hydrogen (secondary N) is 1. The zero-order valence-electron chi connectivity index (χ0n) is 14.4. The van der Waals surface area contributed by atoms with Crippen LogP contribution in [-0.4, -0.2) is 27.3 Å². The fourth-order valence-corrected chi connectivity index (χ4v) is 2.74. The third-order valence-corrected chi connectivity index (χ3v) is 4.19. The maximum absolute atomic E-state index is 12.9. The molecule has 0 bridgehead atoms. The van der Waals surface area contributed by atoms with Crippen molar-refractivity contribution in [1.29, 1.82) is 0 Å². The molecule has 8 heteroatoms. The monoisotopic (exact) mass is 375 g/mol. The lowest BCUT2D eigenvalue weighted by Gasteiger charge is -2.20. The Morgan fingerprint density at radius 3 is 2.63 bits per heavy atom. The molecule has 140 valence electrons. The second-order valence-corrected chi connectivity index (χ2v) is 5.93. The molecule has 0 spiro atoms. The number of nitrogens with zero attached hydrogens (tertiary/aromatic N) is 2. The van der Waals surface area contributed by atoms with E-state index in [1.807, 2.05) is 0 Å². The van der Waals surface area contributed by atoms with Crippen LogP contribution in [0.15, 0.2) is 53.6 Å². The molecule has 0 saturated carbocycles. The van der Waals surface area contributed by atoms with Gasteiger partial charge in [-0.05, 0) is 37.3 Å². The van der Waals surface area contributed by atoms with E-state index in [0.29, 0.717) is 12.2 Å². The van der Waals surface area contributed by atoms with E-state index in [9.17, 15) is 22.8 Å². The molecule has 0 atom stereocenters. The van der Waals surface area contributed by atoms with E-state index in [1.165, 1.54) is 17.2 Å². The molecule has 0 saturated heterocycles. The number of aromatic amines is 1. The number of rotatable bonds is 4. The number of carbonyl (C=O) groups excluding carboxylic acids is 1. The summed E-state index contributed by atoms with van der Waals surface area (Å²) in [5.41, 5.74) is -1.01. The minimum Gasteiger partial charge on any atom is -0.360 e. The molecule has 0 aliphatic heterocycles. The smallest absolute Gasteiger partial charge is 0.360 e. The number of pyridine rings is 2. The van der Waals surface area contributed by atoms with Crippen molar-refractivity contribution in [2.75, 3.05) is 6.54 Å². The van der Waals surface area contributed by atoms with E-state index in [-0.39, 0.29) is 23.0 Å². The first-order valence-electron chi connectivity index (χ1n) is 8.23. The first-order valence-corrected chi connectivity index (χ1v) is 8.23. The summed E-state index contributed by atoms with van der Waals surface area (Å²) in [6.07, 6.45) is -1.74. The first-order chi connectivity index (χ1) is 12.8. The molecule has 0 radical (unpaired) electrons. The molecule has 1 amide bonds. The van der Waals surface area contributed by atoms with Gasteiger partial charge in [0.05, 0.1) is 17.8 Å². The summed E-state index contributed by atoms with van der Waals surface area (Å²) in [5.74, 6) is -0.566. The quantitative estimate of drug-likeness (QED) is 0.758. The van der Waals surface area contributed by atoms with Gasteiger partial charge >= 0.3 is 6.18 Å². The minimum atomic E-state index is -4.57. The average molecular weight is 375 g/mol. The van der Waals surface area contributed by atoms with Crippen LogP contribution in [0.5, 0.6) is 0 Å². The van der Waals surface area contributed by atoms with Crippen molar-refractivity contribution in [2.45, 2.75) is 19.6 Å². The van der Waals surface area contributed by atoms with E-state index in [1.54, 1.807) is 31.3 Å². The summed E-state index contributed by atoms with van der Waals surface area (Å²) < 4.78 is 38.8. The van der Waals surface area contributed by atoms with Crippen LogP contribution < -0.4 is 5.43 Å². The Kier molecular flexibility index (Phi) is 4.98. The Bertz CT molecular complexity index is 1030. The number of halogens is 3. The molecule has 5 nitrogen and oxygen atoms in total. The van der Waals surface area contributed by atoms with Gasteiger partial charge < -0.3 is 9.88 Å². The first kappa shape index (κ1) is 18.6. The zero-order valence-corrected chi connectivity index (χ0v) is 14.4. The number of hydrogen-bond acceptors (Lipinski definition) is 3. The van der Waals surface area contributed by atoms with Gasteiger partial charge in [0.1, 0.15) is 5.56 Å². The van der Waals surface area contributed by atoms with Gasteiger partial charge in [-0.3, -0.25) is 14.6 Å². The maximum Gasteiger partial charge on any atom is 0.416 e. The average Bonchev–Trinajstić information content (AvgIpc) is 2.66. The van der Waals surface area contributed by atoms with E-state index >= 15 is 0 Å². The largest absolute Gasteiger partial charge is 0.416 e. The van der Waals surface area contributed by atoms with Crippen molar-refractivity contribution < 1.29 is 18.0 Å². The van der Waals surface area contributed by atoms with Crippen LogP contribution in [0.3, 0.4) is 0 Å². The predicted molar refractivity (Wildman–Crippen MR) is 94.2 cm³/mol. The molecule has 3 rings (SSSR count). The summed E-state index contributed by atoms with van der Waals surface area (Å²) in [6.45, 7) is 2.25. The molecule has 27 heavy (non-hydrogen) atoms. The molecule has 0 fully saturated rings. The molecule has 3 aromatic rings. The van der Waals surface area contributed by atoms with Crippen molar-refractivity contribution in [2.24, 2.45) is 0 Å². The van der Waals surface area contributed by atoms with Gasteiger partial charge in [0.2, 0.25) is 5.43 Å². The maximum atomic E-state index is 12.9. The van der Waals surface area contributed by atoms with Crippen LogP contribution >= 0.6 is 0 Å². The molecule has 0 unspecified atom stereocenters. The fourth-order valence-electron chi connectivity index (χ4n) is 2.74. The van der Waals surface area contributed by atoms with Crippen LogP contribution in [-0.2, 0) is 12.7 Å². The highest BCUT2D eigenvalue weighted by Gasteiger charge is 2.31. The lowest BCUT2D eigenvalue weighted by atomic mass is 10.1. The molecule has 2 heterocycles. The Labute approximate surface area is 152 Å². The van der Waals surface area contributed by atoms with Gasteiger partial charge in [0, 0.05) is 29.8 Å². The summed E-state index contributed by atoms with van der Waals surface area (Å²) in [5, 5.41) is -0.176. The van der Waals surface area contributed by atoms with Crippen LogP contribution in [0, 0.1) is 0 Å². The lowest BCUT2D eigenvalue weighted by molar-refractivity contribution is -0.137. The molecule has 2 aromatic heterocycles. The van der Waals surface area contributed by atoms with Crippen molar-refractivity contribution in [3.63, 3.8) is 0 Å². The van der Waals surface area contributed by atoms with Crippen molar-refractivity contribution in [1.82, 2.24) is 14.9 Å². The van der Waals surface area contributed by atoms with Crippen molar-refractivity contribution >= 4 is 16.8 Å². The molecule has 0 aliphatic rings. The van der Waals surface area contributed by atoms with E-state index in [2.05, 4.69) is 9.97 Å². The van der Waals surface area contributed by atoms with Gasteiger partial charge in [0.15, 0.2) is 0 Å². The van der Waals surface area contributed by atoms with Gasteiger partial charge in [0.25, 0.3) is 5.91 Å². The number of carbonyl (C=O) groups is 1. The summed E-state index contributed by atoms with van der Waals surface area (Å²) >= 11 is 0. The number of fused-ring (bicyclic) bond motifs is 1. The van der Waals surface area contributed by atoms with Crippen molar-refractivity contribution in [3.05, 3.63) is 75.8 Å². The fraction of sp³-hybridized carbons (Fsp3) is 0.211. The van der Waals surface area contributed by atoms with Crippen molar-refractivity contribution in [3.8, 4) is 0 Å². The molecular formula is C19H16F3N3O2. The SMILES string of the molecule is CCN(Cc1ccccn1)C(=O)c1c[nH]c2ccc(C(F)(F)F)cc2c1=O. The second kappa shape index (κ2) is 7.22. The van der Waals surface area contributed by atoms with Crippen LogP contribution in [0.4, 0.5) is 13.2 Å². The standard InChI is InChI=1S/C19H16F3N3O2/c1-2-25(11-13-5-3-4-8-23-13)18(27)15-10-24-16-7-6-12(19(20,21)22)9-14(16)17(15)26/h3-10H,2,11H2,1H3,(H,24,26). The minimum absolute atomic E-state index is 0.176. The summed E-state index contributed by atoms with van der Waals surface area (Å²) in [6, 6.07) is 8.10. The topological polar surface area (TPSA) is 66.1 Å². The van der Waals surface area contributed by atoms with E-state index in [0.717, 1.165) is 12.1 Å². The number of amides is 1. The molecular weight excluding hydrogens is 359 g/mol. The van der Waals surface area contributed by atoms with E-state index in [4.69, 9.17) is 0 Å². The molecule has 1 N–H and O–H groups in total. The molecule has 1 aromatic carbocycles. The Balaban J connectivity index is 2.01. The highest BCUT2D eigenvalue weighted by molar-refractivity contribution is 5.97. The Hall–Kier alpha value is -3.16. The third kappa shape index (κ3) is 3.84. The van der Waals surface area contributed by atoms with Gasteiger partial charge in [-0.1, -0.05) is 6.07 Å². The predicted octanol–water partition coefficient (Wildman–Crippen LogP) is 3.60. The number of aromatic nitrogens is 2. The summed E-state index contributed by atoms with van der Waals surface area (Å²) in [7, 11) is 0.